The van der Waals surface area contributed by atoms with E-state index in [-0.39, 0.29) is 20.8 Å². The number of halogens is 7. The first-order chi connectivity index (χ1) is 9.18. The fraction of sp³-hybridized carbons (Fsp3) is 0.0833. The maximum atomic E-state index is 12.8. The predicted octanol–water partition coefficient (Wildman–Crippen LogP) is 6.33. The lowest BCUT2D eigenvalue weighted by Crippen LogP contribution is -2.09. The lowest BCUT2D eigenvalue weighted by Gasteiger charge is -2.11. The van der Waals surface area contributed by atoms with Crippen molar-refractivity contribution in [3.8, 4) is 11.3 Å². The molecule has 2 rings (SSSR count). The van der Waals surface area contributed by atoms with Crippen molar-refractivity contribution in [3.05, 3.63) is 48.6 Å². The van der Waals surface area contributed by atoms with Gasteiger partial charge in [-0.05, 0) is 46.9 Å². The smallest absolute Gasteiger partial charge is 0.243 e. The molecule has 0 N–H and O–H groups in total. The summed E-state index contributed by atoms with van der Waals surface area (Å²) in [7, 11) is 0. The van der Waals surface area contributed by atoms with E-state index in [4.69, 9.17) is 34.8 Å². The van der Waals surface area contributed by atoms with Gasteiger partial charge in [0.25, 0.3) is 0 Å². The highest BCUT2D eigenvalue weighted by molar-refractivity contribution is 14.1. The number of rotatable bonds is 1. The molecule has 0 bridgehead atoms. The van der Waals surface area contributed by atoms with Gasteiger partial charge in [-0.3, -0.25) is 0 Å². The average molecular weight is 452 g/mol. The molecule has 1 heterocycles. The van der Waals surface area contributed by atoms with E-state index >= 15 is 0 Å². The molecule has 8 heteroatoms. The molecule has 0 fully saturated rings. The van der Waals surface area contributed by atoms with Crippen LogP contribution in [0.5, 0.6) is 0 Å². The van der Waals surface area contributed by atoms with Crippen LogP contribution in [0.2, 0.25) is 15.1 Å². The van der Waals surface area contributed by atoms with Crippen LogP contribution in [0.25, 0.3) is 11.3 Å². The first kappa shape index (κ1) is 16.1. The second kappa shape index (κ2) is 5.87. The van der Waals surface area contributed by atoms with Gasteiger partial charge in [-0.15, -0.1) is 0 Å². The van der Waals surface area contributed by atoms with Gasteiger partial charge in [0.2, 0.25) is 0 Å². The number of alkyl halides is 3. The third-order valence-corrected chi connectivity index (χ3v) is 4.02. The highest BCUT2D eigenvalue weighted by Gasteiger charge is 2.33. The minimum absolute atomic E-state index is 0.0905. The highest BCUT2D eigenvalue weighted by atomic mass is 127. The molecule has 0 spiro atoms. The van der Waals surface area contributed by atoms with Crippen molar-refractivity contribution in [1.29, 1.82) is 0 Å². The van der Waals surface area contributed by atoms with Gasteiger partial charge in [0.1, 0.15) is 5.69 Å². The van der Waals surface area contributed by atoms with Gasteiger partial charge < -0.3 is 0 Å². The van der Waals surface area contributed by atoms with Crippen LogP contribution in [0.4, 0.5) is 13.2 Å². The van der Waals surface area contributed by atoms with Crippen LogP contribution in [0.1, 0.15) is 5.69 Å². The molecule has 1 nitrogen and oxygen atoms in total. The molecule has 0 amide bonds. The summed E-state index contributed by atoms with van der Waals surface area (Å²) in [5.74, 6) is 0. The molecule has 1 aromatic heterocycles. The lowest BCUT2D eigenvalue weighted by atomic mass is 10.1. The van der Waals surface area contributed by atoms with Crippen molar-refractivity contribution >= 4 is 57.4 Å². The van der Waals surface area contributed by atoms with Crippen LogP contribution in [0.3, 0.4) is 0 Å². The molecular formula is C12H4Cl3F3IN. The Kier molecular flexibility index (Phi) is 4.73. The summed E-state index contributed by atoms with van der Waals surface area (Å²) >= 11 is 19.4. The summed E-state index contributed by atoms with van der Waals surface area (Å²) in [6.07, 6.45) is -4.53. The SMILES string of the molecule is FC(F)(F)c1cc(I)cc(-c2cc(Cl)c(Cl)cc2Cl)n1. The van der Waals surface area contributed by atoms with Crippen molar-refractivity contribution in [3.63, 3.8) is 0 Å². The minimum Gasteiger partial charge on any atom is -0.243 e. The van der Waals surface area contributed by atoms with Crippen LogP contribution in [-0.2, 0) is 6.18 Å². The van der Waals surface area contributed by atoms with E-state index in [9.17, 15) is 13.2 Å². The number of hydrogen-bond donors (Lipinski definition) is 0. The molecular weight excluding hydrogens is 448 g/mol. The molecule has 0 aliphatic heterocycles. The molecule has 1 aromatic carbocycles. The predicted molar refractivity (Wildman–Crippen MR) is 82.4 cm³/mol. The van der Waals surface area contributed by atoms with Crippen molar-refractivity contribution in [2.75, 3.05) is 0 Å². The molecule has 0 unspecified atom stereocenters. The highest BCUT2D eigenvalue weighted by Crippen LogP contribution is 2.37. The maximum absolute atomic E-state index is 12.8. The van der Waals surface area contributed by atoms with Crippen LogP contribution in [0.15, 0.2) is 24.3 Å². The monoisotopic (exact) mass is 451 g/mol. The molecule has 0 saturated carbocycles. The molecule has 2 aromatic rings. The molecule has 106 valence electrons. The lowest BCUT2D eigenvalue weighted by molar-refractivity contribution is -0.141. The van der Waals surface area contributed by atoms with Gasteiger partial charge in [0, 0.05) is 9.13 Å². The Morgan fingerprint density at radius 3 is 2.10 bits per heavy atom. The Balaban J connectivity index is 2.64. The van der Waals surface area contributed by atoms with Crippen LogP contribution in [0, 0.1) is 3.57 Å². The zero-order chi connectivity index (χ0) is 15.1. The molecule has 0 atom stereocenters. The standard InChI is InChI=1S/C12H4Cl3F3IN/c13-7-4-9(15)8(14)3-6(7)10-1-5(19)2-11(20-10)12(16,17)18/h1-4H. The van der Waals surface area contributed by atoms with E-state index in [1.807, 2.05) is 0 Å². The van der Waals surface area contributed by atoms with Crippen molar-refractivity contribution in [2.45, 2.75) is 6.18 Å². The van der Waals surface area contributed by atoms with Gasteiger partial charge >= 0.3 is 6.18 Å². The van der Waals surface area contributed by atoms with E-state index in [0.29, 0.717) is 9.13 Å². The first-order valence-electron chi connectivity index (χ1n) is 5.08. The Bertz CT molecular complexity index is 674. The minimum atomic E-state index is -4.53. The summed E-state index contributed by atoms with van der Waals surface area (Å²) in [5.41, 5.74) is -0.598. The van der Waals surface area contributed by atoms with E-state index < -0.39 is 11.9 Å². The third-order valence-electron chi connectivity index (χ3n) is 2.37. The summed E-state index contributed by atoms with van der Waals surface area (Å²) in [5, 5.41) is 0.601. The molecule has 0 radical (unpaired) electrons. The Labute approximate surface area is 141 Å². The van der Waals surface area contributed by atoms with Crippen molar-refractivity contribution in [1.82, 2.24) is 4.98 Å². The molecule has 0 aliphatic rings. The zero-order valence-electron chi connectivity index (χ0n) is 9.40. The molecule has 0 saturated heterocycles. The maximum Gasteiger partial charge on any atom is 0.433 e. The molecule has 20 heavy (non-hydrogen) atoms. The number of nitrogens with zero attached hydrogens (tertiary/aromatic N) is 1. The van der Waals surface area contributed by atoms with Crippen molar-refractivity contribution in [2.24, 2.45) is 0 Å². The van der Waals surface area contributed by atoms with Crippen molar-refractivity contribution < 1.29 is 13.2 Å². The Morgan fingerprint density at radius 2 is 1.50 bits per heavy atom. The summed E-state index contributed by atoms with van der Waals surface area (Å²) in [4.78, 5) is 3.59. The summed E-state index contributed by atoms with van der Waals surface area (Å²) in [6.45, 7) is 0. The number of pyridine rings is 1. The van der Waals surface area contributed by atoms with E-state index in [1.54, 1.807) is 22.6 Å². The Morgan fingerprint density at radius 1 is 0.900 bits per heavy atom. The van der Waals surface area contributed by atoms with Gasteiger partial charge in [-0.25, -0.2) is 4.98 Å². The quantitative estimate of drug-likeness (QED) is 0.364. The van der Waals surface area contributed by atoms with Gasteiger partial charge in [0.15, 0.2) is 0 Å². The number of hydrogen-bond acceptors (Lipinski definition) is 1. The normalized spacial score (nSPS) is 11.8. The van der Waals surface area contributed by atoms with Gasteiger partial charge in [-0.1, -0.05) is 34.8 Å². The fourth-order valence-electron chi connectivity index (χ4n) is 1.50. The zero-order valence-corrected chi connectivity index (χ0v) is 13.8. The van der Waals surface area contributed by atoms with Gasteiger partial charge in [-0.2, -0.15) is 13.2 Å². The van der Waals surface area contributed by atoms with E-state index in [2.05, 4.69) is 4.98 Å². The topological polar surface area (TPSA) is 12.9 Å². The van der Waals surface area contributed by atoms with Crippen LogP contribution >= 0.6 is 57.4 Å². The summed E-state index contributed by atoms with van der Waals surface area (Å²) in [6, 6.07) is 5.21. The van der Waals surface area contributed by atoms with Crippen LogP contribution < -0.4 is 0 Å². The largest absolute Gasteiger partial charge is 0.433 e. The average Bonchev–Trinajstić information content (AvgIpc) is 2.32. The third kappa shape index (κ3) is 3.50. The van der Waals surface area contributed by atoms with Crippen LogP contribution in [-0.4, -0.2) is 4.98 Å². The van der Waals surface area contributed by atoms with Gasteiger partial charge in [0.05, 0.1) is 20.8 Å². The van der Waals surface area contributed by atoms with E-state index in [1.165, 1.54) is 18.2 Å². The summed E-state index contributed by atoms with van der Waals surface area (Å²) < 4.78 is 38.7. The second-order valence-corrected chi connectivity index (χ2v) is 6.27. The number of aromatic nitrogens is 1. The first-order valence-corrected chi connectivity index (χ1v) is 7.29. The fourth-order valence-corrected chi connectivity index (χ4v) is 2.73. The Hall–Kier alpha value is -0.240. The second-order valence-electron chi connectivity index (χ2n) is 3.80. The number of benzene rings is 1. The molecule has 0 aliphatic carbocycles. The van der Waals surface area contributed by atoms with E-state index in [0.717, 1.165) is 6.07 Å².